The van der Waals surface area contributed by atoms with Gasteiger partial charge in [0.15, 0.2) is 0 Å². The fourth-order valence-corrected chi connectivity index (χ4v) is 2.32. The molecular formula is C18H28N2O2. The molecule has 0 spiro atoms. The van der Waals surface area contributed by atoms with Crippen molar-refractivity contribution in [1.82, 2.24) is 10.2 Å². The summed E-state index contributed by atoms with van der Waals surface area (Å²) in [6.45, 7) is 10.1. The number of carbonyl (C=O) groups is 2. The van der Waals surface area contributed by atoms with E-state index in [-0.39, 0.29) is 17.9 Å². The Morgan fingerprint density at radius 1 is 1.18 bits per heavy atom. The molecule has 0 saturated heterocycles. The summed E-state index contributed by atoms with van der Waals surface area (Å²) in [5, 5.41) is 2.89. The fraction of sp³-hybridized carbons (Fsp3) is 0.556. The van der Waals surface area contributed by atoms with Crippen LogP contribution in [0.3, 0.4) is 0 Å². The van der Waals surface area contributed by atoms with Crippen molar-refractivity contribution >= 4 is 11.8 Å². The zero-order valence-electron chi connectivity index (χ0n) is 14.3. The topological polar surface area (TPSA) is 49.4 Å². The predicted molar refractivity (Wildman–Crippen MR) is 89.4 cm³/mol. The van der Waals surface area contributed by atoms with E-state index in [4.69, 9.17) is 0 Å². The summed E-state index contributed by atoms with van der Waals surface area (Å²) in [7, 11) is 0. The van der Waals surface area contributed by atoms with Crippen LogP contribution in [0.2, 0.25) is 0 Å². The fourth-order valence-electron chi connectivity index (χ4n) is 2.32. The van der Waals surface area contributed by atoms with Crippen molar-refractivity contribution in [2.45, 2.75) is 66.1 Å². The first-order chi connectivity index (χ1) is 10.4. The number of aryl methyl sites for hydroxylation is 1. The third-order valence-electron chi connectivity index (χ3n) is 3.66. The molecule has 0 radical (unpaired) electrons. The highest BCUT2D eigenvalue weighted by Crippen LogP contribution is 2.15. The van der Waals surface area contributed by atoms with Gasteiger partial charge >= 0.3 is 0 Å². The molecule has 4 heteroatoms. The Labute approximate surface area is 133 Å². The van der Waals surface area contributed by atoms with Gasteiger partial charge in [0.05, 0.1) is 0 Å². The molecule has 0 aliphatic heterocycles. The van der Waals surface area contributed by atoms with Gasteiger partial charge in [-0.15, -0.1) is 0 Å². The average Bonchev–Trinajstić information content (AvgIpc) is 2.45. The van der Waals surface area contributed by atoms with E-state index >= 15 is 0 Å². The standard InChI is InChI=1S/C18H28N2O2/c1-6-9-17(21)20(15(5)18(22)19-13(2)3)12-16-11-8-7-10-14(16)4/h7-8,10-11,13,15H,6,9,12H2,1-5H3,(H,19,22). The quantitative estimate of drug-likeness (QED) is 0.841. The van der Waals surface area contributed by atoms with Crippen LogP contribution in [0.15, 0.2) is 24.3 Å². The van der Waals surface area contributed by atoms with E-state index in [0.29, 0.717) is 13.0 Å². The van der Waals surface area contributed by atoms with Crippen molar-refractivity contribution in [2.24, 2.45) is 0 Å². The highest BCUT2D eigenvalue weighted by Gasteiger charge is 2.26. The molecule has 1 aromatic rings. The number of amides is 2. The maximum Gasteiger partial charge on any atom is 0.242 e. The normalized spacial score (nSPS) is 12.1. The van der Waals surface area contributed by atoms with Gasteiger partial charge in [0.1, 0.15) is 6.04 Å². The van der Waals surface area contributed by atoms with Gasteiger partial charge in [0.25, 0.3) is 0 Å². The van der Waals surface area contributed by atoms with E-state index in [1.165, 1.54) is 0 Å². The molecule has 0 fully saturated rings. The lowest BCUT2D eigenvalue weighted by atomic mass is 10.1. The monoisotopic (exact) mass is 304 g/mol. The summed E-state index contributed by atoms with van der Waals surface area (Å²) >= 11 is 0. The summed E-state index contributed by atoms with van der Waals surface area (Å²) < 4.78 is 0. The molecule has 0 bridgehead atoms. The van der Waals surface area contributed by atoms with E-state index in [0.717, 1.165) is 17.5 Å². The zero-order chi connectivity index (χ0) is 16.7. The van der Waals surface area contributed by atoms with Crippen molar-refractivity contribution < 1.29 is 9.59 Å². The molecule has 22 heavy (non-hydrogen) atoms. The first-order valence-corrected chi connectivity index (χ1v) is 8.01. The summed E-state index contributed by atoms with van der Waals surface area (Å²) in [6.07, 6.45) is 1.24. The lowest BCUT2D eigenvalue weighted by Crippen LogP contribution is -2.49. The molecule has 0 aliphatic rings. The zero-order valence-corrected chi connectivity index (χ0v) is 14.3. The van der Waals surface area contributed by atoms with Crippen molar-refractivity contribution in [3.8, 4) is 0 Å². The van der Waals surface area contributed by atoms with Crippen LogP contribution in [-0.4, -0.2) is 28.8 Å². The summed E-state index contributed by atoms with van der Waals surface area (Å²) in [5.74, 6) is -0.0785. The van der Waals surface area contributed by atoms with Gasteiger partial charge in [0.2, 0.25) is 11.8 Å². The number of hydrogen-bond acceptors (Lipinski definition) is 2. The second-order valence-electron chi connectivity index (χ2n) is 6.04. The maximum absolute atomic E-state index is 12.4. The minimum Gasteiger partial charge on any atom is -0.352 e. The van der Waals surface area contributed by atoms with E-state index < -0.39 is 6.04 Å². The van der Waals surface area contributed by atoms with Crippen molar-refractivity contribution in [3.63, 3.8) is 0 Å². The van der Waals surface area contributed by atoms with Gasteiger partial charge in [0, 0.05) is 19.0 Å². The van der Waals surface area contributed by atoms with Gasteiger partial charge in [-0.25, -0.2) is 0 Å². The largest absolute Gasteiger partial charge is 0.352 e. The molecule has 2 amide bonds. The van der Waals surface area contributed by atoms with Crippen molar-refractivity contribution in [2.75, 3.05) is 0 Å². The minimum absolute atomic E-state index is 0.0251. The molecule has 1 aromatic carbocycles. The highest BCUT2D eigenvalue weighted by molar-refractivity contribution is 5.87. The second kappa shape index (κ2) is 8.57. The van der Waals surface area contributed by atoms with Crippen LogP contribution >= 0.6 is 0 Å². The Bertz CT molecular complexity index is 512. The lowest BCUT2D eigenvalue weighted by molar-refractivity contribution is -0.140. The molecular weight excluding hydrogens is 276 g/mol. The number of benzene rings is 1. The van der Waals surface area contributed by atoms with Crippen LogP contribution in [0.4, 0.5) is 0 Å². The number of nitrogens with zero attached hydrogens (tertiary/aromatic N) is 1. The van der Waals surface area contributed by atoms with Crippen LogP contribution in [0, 0.1) is 6.92 Å². The first-order valence-electron chi connectivity index (χ1n) is 8.01. The Morgan fingerprint density at radius 2 is 1.82 bits per heavy atom. The van der Waals surface area contributed by atoms with Crippen LogP contribution < -0.4 is 5.32 Å². The molecule has 1 unspecified atom stereocenters. The summed E-state index contributed by atoms with van der Waals surface area (Å²) in [5.41, 5.74) is 2.21. The Balaban J connectivity index is 2.95. The van der Waals surface area contributed by atoms with E-state index in [1.807, 2.05) is 52.0 Å². The smallest absolute Gasteiger partial charge is 0.242 e. The highest BCUT2D eigenvalue weighted by atomic mass is 16.2. The molecule has 1 atom stereocenters. The third kappa shape index (κ3) is 5.17. The molecule has 0 heterocycles. The van der Waals surface area contributed by atoms with Crippen LogP contribution in [0.1, 0.15) is 51.7 Å². The van der Waals surface area contributed by atoms with E-state index in [1.54, 1.807) is 11.8 Å². The third-order valence-corrected chi connectivity index (χ3v) is 3.66. The van der Waals surface area contributed by atoms with Crippen molar-refractivity contribution in [1.29, 1.82) is 0 Å². The Hall–Kier alpha value is -1.84. The maximum atomic E-state index is 12.4. The minimum atomic E-state index is -0.471. The molecule has 0 saturated carbocycles. The first kappa shape index (κ1) is 18.2. The SMILES string of the molecule is CCCC(=O)N(Cc1ccccc1C)C(C)C(=O)NC(C)C. The molecule has 122 valence electrons. The summed E-state index contributed by atoms with van der Waals surface area (Å²) in [4.78, 5) is 26.4. The number of hydrogen-bond donors (Lipinski definition) is 1. The predicted octanol–water partition coefficient (Wildman–Crippen LogP) is 3.04. The van der Waals surface area contributed by atoms with Gasteiger partial charge < -0.3 is 10.2 Å². The second-order valence-corrected chi connectivity index (χ2v) is 6.04. The average molecular weight is 304 g/mol. The number of nitrogens with one attached hydrogen (secondary N) is 1. The van der Waals surface area contributed by atoms with Crippen LogP contribution in [0.5, 0.6) is 0 Å². The molecule has 0 aliphatic carbocycles. The van der Waals surface area contributed by atoms with Gasteiger partial charge in [-0.05, 0) is 45.2 Å². The molecule has 4 nitrogen and oxygen atoms in total. The van der Waals surface area contributed by atoms with Gasteiger partial charge in [-0.3, -0.25) is 9.59 Å². The Morgan fingerprint density at radius 3 is 2.36 bits per heavy atom. The Kier molecular flexibility index (Phi) is 7.09. The van der Waals surface area contributed by atoms with Crippen molar-refractivity contribution in [3.05, 3.63) is 35.4 Å². The number of rotatable bonds is 7. The van der Waals surface area contributed by atoms with Crippen LogP contribution in [-0.2, 0) is 16.1 Å². The molecule has 0 aromatic heterocycles. The summed E-state index contributed by atoms with van der Waals surface area (Å²) in [6, 6.07) is 7.57. The van der Waals surface area contributed by atoms with E-state index in [2.05, 4.69) is 5.32 Å². The lowest BCUT2D eigenvalue weighted by Gasteiger charge is -2.29. The molecule has 1 rings (SSSR count). The van der Waals surface area contributed by atoms with E-state index in [9.17, 15) is 9.59 Å². The number of carbonyl (C=O) groups excluding carboxylic acids is 2. The van der Waals surface area contributed by atoms with Gasteiger partial charge in [-0.2, -0.15) is 0 Å². The van der Waals surface area contributed by atoms with Gasteiger partial charge in [-0.1, -0.05) is 31.2 Å². The van der Waals surface area contributed by atoms with Crippen LogP contribution in [0.25, 0.3) is 0 Å². The molecule has 1 N–H and O–H groups in total.